The van der Waals surface area contributed by atoms with Crippen molar-refractivity contribution in [2.45, 2.75) is 38.3 Å². The summed E-state index contributed by atoms with van der Waals surface area (Å²) in [4.78, 5) is 5.21. The van der Waals surface area contributed by atoms with Crippen molar-refractivity contribution in [1.82, 2.24) is 9.80 Å². The van der Waals surface area contributed by atoms with Gasteiger partial charge in [-0.05, 0) is 45.4 Å². The fourth-order valence-corrected chi connectivity index (χ4v) is 2.68. The van der Waals surface area contributed by atoms with E-state index in [2.05, 4.69) is 16.7 Å². The summed E-state index contributed by atoms with van der Waals surface area (Å²) in [6.07, 6.45) is 3.76. The molecule has 0 aromatic rings. The molecule has 2 saturated heterocycles. The van der Waals surface area contributed by atoms with Crippen molar-refractivity contribution in [3.8, 4) is 0 Å². The fraction of sp³-hybridized carbons (Fsp3) is 1.00. The van der Waals surface area contributed by atoms with E-state index in [0.29, 0.717) is 6.04 Å². The Labute approximate surface area is 87.2 Å². The van der Waals surface area contributed by atoms with Crippen LogP contribution in [0.25, 0.3) is 0 Å². The zero-order valence-corrected chi connectivity index (χ0v) is 9.28. The third-order valence-electron chi connectivity index (χ3n) is 3.79. The Morgan fingerprint density at radius 3 is 2.43 bits per heavy atom. The molecule has 0 bridgehead atoms. The molecule has 2 aliphatic heterocycles. The number of piperidine rings is 1. The van der Waals surface area contributed by atoms with Gasteiger partial charge in [0.25, 0.3) is 0 Å². The van der Waals surface area contributed by atoms with Gasteiger partial charge in [-0.3, -0.25) is 4.90 Å². The Balaban J connectivity index is 1.79. The highest BCUT2D eigenvalue weighted by molar-refractivity contribution is 4.86. The van der Waals surface area contributed by atoms with Gasteiger partial charge < -0.3 is 10.6 Å². The molecule has 0 aromatic carbocycles. The summed E-state index contributed by atoms with van der Waals surface area (Å²) < 4.78 is 0. The zero-order chi connectivity index (χ0) is 9.97. The lowest BCUT2D eigenvalue weighted by molar-refractivity contribution is 0.153. The van der Waals surface area contributed by atoms with E-state index in [1.807, 2.05) is 0 Å². The number of likely N-dealkylation sites (tertiary alicyclic amines) is 2. The Hall–Kier alpha value is -0.120. The third kappa shape index (κ3) is 2.27. The van der Waals surface area contributed by atoms with Crippen LogP contribution in [-0.4, -0.2) is 54.6 Å². The molecule has 0 saturated carbocycles. The van der Waals surface area contributed by atoms with Gasteiger partial charge in [0.2, 0.25) is 0 Å². The molecule has 14 heavy (non-hydrogen) atoms. The van der Waals surface area contributed by atoms with Crippen LogP contribution in [0.3, 0.4) is 0 Å². The van der Waals surface area contributed by atoms with Crippen molar-refractivity contribution in [3.05, 3.63) is 0 Å². The van der Waals surface area contributed by atoms with Crippen LogP contribution in [-0.2, 0) is 0 Å². The van der Waals surface area contributed by atoms with Crippen LogP contribution in [0.5, 0.6) is 0 Å². The van der Waals surface area contributed by atoms with E-state index < -0.39 is 0 Å². The topological polar surface area (TPSA) is 32.5 Å². The van der Waals surface area contributed by atoms with Gasteiger partial charge in [-0.2, -0.15) is 0 Å². The Bertz CT molecular complexity index is 175. The van der Waals surface area contributed by atoms with E-state index in [1.54, 1.807) is 0 Å². The first-order valence-corrected chi connectivity index (χ1v) is 6.01. The number of nitrogens with zero attached hydrogens (tertiary/aromatic N) is 2. The average Bonchev–Trinajstić information content (AvgIpc) is 2.67. The minimum absolute atomic E-state index is 0.468. The predicted molar refractivity (Wildman–Crippen MR) is 59.3 cm³/mol. The summed E-state index contributed by atoms with van der Waals surface area (Å²) in [5, 5.41) is 0. The molecule has 0 spiro atoms. The van der Waals surface area contributed by atoms with Gasteiger partial charge in [0.1, 0.15) is 0 Å². The largest absolute Gasteiger partial charge is 0.328 e. The van der Waals surface area contributed by atoms with Crippen molar-refractivity contribution < 1.29 is 0 Å². The normalized spacial score (nSPS) is 32.6. The van der Waals surface area contributed by atoms with Gasteiger partial charge in [0.15, 0.2) is 0 Å². The molecule has 2 N–H and O–H groups in total. The van der Waals surface area contributed by atoms with Gasteiger partial charge in [0.05, 0.1) is 0 Å². The molecule has 1 atom stereocenters. The first-order chi connectivity index (χ1) is 6.79. The highest BCUT2D eigenvalue weighted by Gasteiger charge is 2.28. The molecule has 0 amide bonds. The van der Waals surface area contributed by atoms with Crippen LogP contribution in [0.2, 0.25) is 0 Å². The van der Waals surface area contributed by atoms with Crippen molar-refractivity contribution >= 4 is 0 Å². The van der Waals surface area contributed by atoms with E-state index in [9.17, 15) is 0 Å². The van der Waals surface area contributed by atoms with E-state index in [-0.39, 0.29) is 0 Å². The molecular formula is C11H23N3. The number of hydrogen-bond donors (Lipinski definition) is 1. The number of likely N-dealkylation sites (N-methyl/N-ethyl adjacent to an activating group) is 1. The summed E-state index contributed by atoms with van der Waals surface area (Å²) in [7, 11) is 0. The summed E-state index contributed by atoms with van der Waals surface area (Å²) in [6, 6.07) is 1.29. The van der Waals surface area contributed by atoms with Gasteiger partial charge >= 0.3 is 0 Å². The maximum Gasteiger partial charge on any atom is 0.0235 e. The first-order valence-electron chi connectivity index (χ1n) is 6.01. The maximum absolute atomic E-state index is 5.91. The summed E-state index contributed by atoms with van der Waals surface area (Å²) in [5.41, 5.74) is 5.91. The van der Waals surface area contributed by atoms with E-state index in [1.165, 1.54) is 52.0 Å². The van der Waals surface area contributed by atoms with Gasteiger partial charge in [0, 0.05) is 18.6 Å². The molecule has 0 radical (unpaired) electrons. The standard InChI is InChI=1S/C11H23N3/c1-2-13-6-5-11(9-13)14-7-3-10(12)4-8-14/h10-11H,2-9,12H2,1H3. The molecule has 0 aromatic heterocycles. The van der Waals surface area contributed by atoms with Crippen molar-refractivity contribution in [1.29, 1.82) is 0 Å². The highest BCUT2D eigenvalue weighted by atomic mass is 15.3. The highest BCUT2D eigenvalue weighted by Crippen LogP contribution is 2.19. The lowest BCUT2D eigenvalue weighted by Crippen LogP contribution is -2.46. The molecule has 2 fully saturated rings. The SMILES string of the molecule is CCN1CCC(N2CCC(N)CC2)C1. The van der Waals surface area contributed by atoms with Gasteiger partial charge in [-0.15, -0.1) is 0 Å². The van der Waals surface area contributed by atoms with Gasteiger partial charge in [-0.25, -0.2) is 0 Å². The van der Waals surface area contributed by atoms with Crippen molar-refractivity contribution in [3.63, 3.8) is 0 Å². The lowest BCUT2D eigenvalue weighted by atomic mass is 10.0. The molecule has 82 valence electrons. The zero-order valence-electron chi connectivity index (χ0n) is 9.28. The Kier molecular flexibility index (Phi) is 3.42. The Morgan fingerprint density at radius 2 is 1.86 bits per heavy atom. The second-order valence-corrected chi connectivity index (χ2v) is 4.71. The molecule has 3 nitrogen and oxygen atoms in total. The molecule has 2 aliphatic rings. The van der Waals surface area contributed by atoms with Crippen LogP contribution < -0.4 is 5.73 Å². The van der Waals surface area contributed by atoms with E-state index >= 15 is 0 Å². The minimum atomic E-state index is 0.468. The van der Waals surface area contributed by atoms with Crippen molar-refractivity contribution in [2.24, 2.45) is 5.73 Å². The summed E-state index contributed by atoms with van der Waals surface area (Å²) in [5.74, 6) is 0. The summed E-state index contributed by atoms with van der Waals surface area (Å²) in [6.45, 7) is 8.50. The predicted octanol–water partition coefficient (Wildman–Crippen LogP) is 0.504. The minimum Gasteiger partial charge on any atom is -0.328 e. The van der Waals surface area contributed by atoms with Gasteiger partial charge in [-0.1, -0.05) is 6.92 Å². The van der Waals surface area contributed by atoms with Crippen LogP contribution in [0.1, 0.15) is 26.2 Å². The number of hydrogen-bond acceptors (Lipinski definition) is 3. The second-order valence-electron chi connectivity index (χ2n) is 4.71. The van der Waals surface area contributed by atoms with Crippen LogP contribution in [0.15, 0.2) is 0 Å². The van der Waals surface area contributed by atoms with Crippen molar-refractivity contribution in [2.75, 3.05) is 32.7 Å². The number of rotatable bonds is 2. The quantitative estimate of drug-likeness (QED) is 0.700. The lowest BCUT2D eigenvalue weighted by Gasteiger charge is -2.34. The molecule has 1 unspecified atom stereocenters. The number of nitrogens with two attached hydrogens (primary N) is 1. The monoisotopic (exact) mass is 197 g/mol. The Morgan fingerprint density at radius 1 is 1.14 bits per heavy atom. The second kappa shape index (κ2) is 4.60. The maximum atomic E-state index is 5.91. The first kappa shape index (κ1) is 10.4. The molecular weight excluding hydrogens is 174 g/mol. The molecule has 2 rings (SSSR count). The molecule has 3 heteroatoms. The smallest absolute Gasteiger partial charge is 0.0235 e. The van der Waals surface area contributed by atoms with E-state index in [0.717, 1.165) is 6.04 Å². The molecule has 2 heterocycles. The average molecular weight is 197 g/mol. The fourth-order valence-electron chi connectivity index (χ4n) is 2.68. The summed E-state index contributed by atoms with van der Waals surface area (Å²) >= 11 is 0. The van der Waals surface area contributed by atoms with Crippen LogP contribution in [0, 0.1) is 0 Å². The molecule has 0 aliphatic carbocycles. The van der Waals surface area contributed by atoms with Crippen LogP contribution in [0.4, 0.5) is 0 Å². The van der Waals surface area contributed by atoms with Crippen LogP contribution >= 0.6 is 0 Å². The third-order valence-corrected chi connectivity index (χ3v) is 3.79. The van der Waals surface area contributed by atoms with E-state index in [4.69, 9.17) is 5.73 Å².